The molecule has 35 heavy (non-hydrogen) atoms. The second-order valence-corrected chi connectivity index (χ2v) is 7.81. The third kappa shape index (κ3) is 6.34. The van der Waals surface area contributed by atoms with Gasteiger partial charge >= 0.3 is 6.18 Å². The molecule has 4 rings (SSSR count). The molecule has 1 amide bonds. The lowest BCUT2D eigenvalue weighted by Crippen LogP contribution is -2.38. The van der Waals surface area contributed by atoms with Gasteiger partial charge < -0.3 is 14.8 Å². The first kappa shape index (κ1) is 24.6. The molecule has 186 valence electrons. The number of alkyl halides is 3. The number of aromatic nitrogens is 3. The first-order valence-electron chi connectivity index (χ1n) is 10.9. The average Bonchev–Trinajstić information content (AvgIpc) is 3.30. The quantitative estimate of drug-likeness (QED) is 0.486. The molecule has 0 radical (unpaired) electrons. The van der Waals surface area contributed by atoms with E-state index in [9.17, 15) is 22.4 Å². The molecule has 1 saturated heterocycles. The molecular formula is C23H23F4N5O3. The zero-order valence-corrected chi connectivity index (χ0v) is 18.6. The van der Waals surface area contributed by atoms with E-state index in [0.717, 1.165) is 43.9 Å². The highest BCUT2D eigenvalue weighted by molar-refractivity contribution is 5.93. The lowest BCUT2D eigenvalue weighted by Gasteiger charge is -2.26. The van der Waals surface area contributed by atoms with E-state index in [4.69, 9.17) is 9.47 Å². The minimum absolute atomic E-state index is 0.0415. The summed E-state index contributed by atoms with van der Waals surface area (Å²) in [6, 6.07) is 11.1. The molecule has 1 N–H and O–H groups in total. The van der Waals surface area contributed by atoms with Gasteiger partial charge in [0.15, 0.2) is 11.4 Å². The van der Waals surface area contributed by atoms with E-state index < -0.39 is 29.3 Å². The highest BCUT2D eigenvalue weighted by Crippen LogP contribution is 2.32. The summed E-state index contributed by atoms with van der Waals surface area (Å²) in [5.41, 5.74) is -1.66. The fourth-order valence-corrected chi connectivity index (χ4v) is 3.58. The van der Waals surface area contributed by atoms with Crippen LogP contribution in [0.25, 0.3) is 5.69 Å². The third-order valence-electron chi connectivity index (χ3n) is 5.36. The predicted molar refractivity (Wildman–Crippen MR) is 117 cm³/mol. The number of halogens is 4. The Bertz CT molecular complexity index is 1140. The van der Waals surface area contributed by atoms with E-state index in [1.54, 1.807) is 24.3 Å². The Hall–Kier alpha value is -3.51. The van der Waals surface area contributed by atoms with Crippen molar-refractivity contribution in [2.75, 3.05) is 39.5 Å². The first-order valence-corrected chi connectivity index (χ1v) is 10.9. The van der Waals surface area contributed by atoms with E-state index in [1.165, 1.54) is 0 Å². The van der Waals surface area contributed by atoms with Crippen LogP contribution in [0.2, 0.25) is 0 Å². The summed E-state index contributed by atoms with van der Waals surface area (Å²) in [5.74, 6) is -1.07. The molecule has 0 atom stereocenters. The van der Waals surface area contributed by atoms with Crippen molar-refractivity contribution in [3.05, 3.63) is 71.3 Å². The van der Waals surface area contributed by atoms with Gasteiger partial charge in [0.1, 0.15) is 18.2 Å². The van der Waals surface area contributed by atoms with Gasteiger partial charge in [-0.3, -0.25) is 9.69 Å². The van der Waals surface area contributed by atoms with Gasteiger partial charge in [0.25, 0.3) is 5.91 Å². The third-order valence-corrected chi connectivity index (χ3v) is 5.36. The second-order valence-electron chi connectivity index (χ2n) is 7.81. The average molecular weight is 493 g/mol. The molecule has 0 spiro atoms. The summed E-state index contributed by atoms with van der Waals surface area (Å²) < 4.78 is 66.0. The fraction of sp³-hybridized carbons (Fsp3) is 0.348. The number of ether oxygens (including phenoxy) is 2. The Labute approximate surface area is 198 Å². The number of nitrogens with one attached hydrogen (secondary N) is 1. The van der Waals surface area contributed by atoms with Gasteiger partial charge in [-0.05, 0) is 42.0 Å². The number of hydrogen-bond acceptors (Lipinski definition) is 6. The van der Waals surface area contributed by atoms with Crippen molar-refractivity contribution < 1.29 is 31.8 Å². The Balaban J connectivity index is 1.40. The number of carbonyl (C=O) groups is 1. The van der Waals surface area contributed by atoms with Crippen molar-refractivity contribution in [3.63, 3.8) is 0 Å². The van der Waals surface area contributed by atoms with Gasteiger partial charge in [-0.15, -0.1) is 5.10 Å². The van der Waals surface area contributed by atoms with E-state index in [1.807, 2.05) is 0 Å². The van der Waals surface area contributed by atoms with Crippen molar-refractivity contribution in [1.82, 2.24) is 25.2 Å². The maximum Gasteiger partial charge on any atom is 0.435 e. The minimum atomic E-state index is -4.92. The van der Waals surface area contributed by atoms with Gasteiger partial charge in [0.05, 0.1) is 18.9 Å². The standard InChI is InChI=1S/C23H23F4N5O3/c24-17-4-6-18(7-5-17)32-21(23(25,26)27)20(29-30-32)22(33)28-15-16-2-1-3-19(14-16)35-13-10-31-8-11-34-12-9-31/h1-7,14H,8-13,15H2,(H,28,33). The Morgan fingerprint density at radius 3 is 2.57 bits per heavy atom. The molecule has 0 bridgehead atoms. The van der Waals surface area contributed by atoms with Crippen LogP contribution < -0.4 is 10.1 Å². The van der Waals surface area contributed by atoms with Gasteiger partial charge in [0.2, 0.25) is 0 Å². The number of hydrogen-bond donors (Lipinski definition) is 1. The second kappa shape index (κ2) is 10.8. The lowest BCUT2D eigenvalue weighted by atomic mass is 10.2. The molecule has 0 aliphatic carbocycles. The Morgan fingerprint density at radius 1 is 1.11 bits per heavy atom. The SMILES string of the molecule is O=C(NCc1cccc(OCCN2CCOCC2)c1)c1nnn(-c2ccc(F)cc2)c1C(F)(F)F. The van der Waals surface area contributed by atoms with E-state index >= 15 is 0 Å². The number of amides is 1. The Kier molecular flexibility index (Phi) is 7.61. The van der Waals surface area contributed by atoms with Crippen LogP contribution in [0.5, 0.6) is 5.75 Å². The molecule has 1 fully saturated rings. The number of carbonyl (C=O) groups excluding carboxylic acids is 1. The summed E-state index contributed by atoms with van der Waals surface area (Å²) >= 11 is 0. The van der Waals surface area contributed by atoms with Crippen LogP contribution in [0.3, 0.4) is 0 Å². The Morgan fingerprint density at radius 2 is 1.86 bits per heavy atom. The van der Waals surface area contributed by atoms with Crippen LogP contribution in [-0.4, -0.2) is 65.3 Å². The number of morpholine rings is 1. The lowest BCUT2D eigenvalue weighted by molar-refractivity contribution is -0.143. The number of benzene rings is 2. The normalized spacial score (nSPS) is 14.6. The molecule has 1 aliphatic heterocycles. The van der Waals surface area contributed by atoms with Gasteiger partial charge in [-0.2, -0.15) is 13.2 Å². The topological polar surface area (TPSA) is 81.5 Å². The largest absolute Gasteiger partial charge is 0.492 e. The van der Waals surface area contributed by atoms with E-state index in [0.29, 0.717) is 35.8 Å². The van der Waals surface area contributed by atoms with Crippen LogP contribution in [0, 0.1) is 5.82 Å². The molecule has 8 nitrogen and oxygen atoms in total. The maximum absolute atomic E-state index is 13.8. The smallest absolute Gasteiger partial charge is 0.435 e. The summed E-state index contributed by atoms with van der Waals surface area (Å²) in [5, 5.41) is 9.37. The molecule has 0 unspecified atom stereocenters. The zero-order chi connectivity index (χ0) is 24.8. The summed E-state index contributed by atoms with van der Waals surface area (Å²) in [6.07, 6.45) is -4.92. The monoisotopic (exact) mass is 493 g/mol. The summed E-state index contributed by atoms with van der Waals surface area (Å²) in [4.78, 5) is 14.8. The van der Waals surface area contributed by atoms with Crippen LogP contribution in [0.15, 0.2) is 48.5 Å². The summed E-state index contributed by atoms with van der Waals surface area (Å²) in [7, 11) is 0. The number of rotatable bonds is 8. The van der Waals surface area contributed by atoms with E-state index in [2.05, 4.69) is 20.5 Å². The van der Waals surface area contributed by atoms with Crippen molar-refractivity contribution in [1.29, 1.82) is 0 Å². The van der Waals surface area contributed by atoms with Crippen molar-refractivity contribution >= 4 is 5.91 Å². The van der Waals surface area contributed by atoms with Crippen LogP contribution in [0.1, 0.15) is 21.7 Å². The van der Waals surface area contributed by atoms with Crippen LogP contribution in [-0.2, 0) is 17.5 Å². The molecule has 2 heterocycles. The molecular weight excluding hydrogens is 470 g/mol. The van der Waals surface area contributed by atoms with Crippen molar-refractivity contribution in [2.24, 2.45) is 0 Å². The molecule has 12 heteroatoms. The predicted octanol–water partition coefficient (Wildman–Crippen LogP) is 3.07. The fourth-order valence-electron chi connectivity index (χ4n) is 3.58. The van der Waals surface area contributed by atoms with E-state index in [-0.39, 0.29) is 12.2 Å². The summed E-state index contributed by atoms with van der Waals surface area (Å²) in [6.45, 7) is 4.26. The van der Waals surface area contributed by atoms with Crippen molar-refractivity contribution in [2.45, 2.75) is 12.7 Å². The zero-order valence-electron chi connectivity index (χ0n) is 18.6. The molecule has 2 aromatic carbocycles. The van der Waals surface area contributed by atoms with Gasteiger partial charge in [-0.1, -0.05) is 17.3 Å². The van der Waals surface area contributed by atoms with Crippen LogP contribution in [0.4, 0.5) is 17.6 Å². The van der Waals surface area contributed by atoms with Crippen molar-refractivity contribution in [3.8, 4) is 11.4 Å². The molecule has 0 saturated carbocycles. The number of nitrogens with zero attached hydrogens (tertiary/aromatic N) is 4. The minimum Gasteiger partial charge on any atom is -0.492 e. The van der Waals surface area contributed by atoms with Crippen LogP contribution >= 0.6 is 0 Å². The highest BCUT2D eigenvalue weighted by Gasteiger charge is 2.42. The molecule has 1 aromatic heterocycles. The first-order chi connectivity index (χ1) is 16.8. The maximum atomic E-state index is 13.8. The highest BCUT2D eigenvalue weighted by atomic mass is 19.4. The van der Waals surface area contributed by atoms with Gasteiger partial charge in [-0.25, -0.2) is 9.07 Å². The molecule has 3 aromatic rings. The van der Waals surface area contributed by atoms with Gasteiger partial charge in [0, 0.05) is 26.2 Å². The molecule has 1 aliphatic rings.